The van der Waals surface area contributed by atoms with Crippen molar-refractivity contribution in [3.05, 3.63) is 193 Å². The van der Waals surface area contributed by atoms with Crippen molar-refractivity contribution in [1.29, 1.82) is 0 Å². The molecule has 0 aliphatic carbocycles. The molecule has 0 radical (unpaired) electrons. The Bertz CT molecular complexity index is 3390. The monoisotopic (exact) mass is 751 g/mol. The van der Waals surface area contributed by atoms with Gasteiger partial charge in [0.25, 0.3) is 0 Å². The molecule has 0 atom stereocenters. The van der Waals surface area contributed by atoms with Crippen LogP contribution in [0.25, 0.3) is 86.3 Å². The standard InChI is InChI=1S/C51H33N3O2S/c52-50(35-24-26-39-38-13-4-6-16-42(38)56-45(39)29-35)54-51(33-22-20-32(21-23-33)31-10-2-1-3-11-31)53-30-36-12-8-17-44-48(36)41-28-34(25-27-43(41)55-44)37-15-9-19-47-49(37)40-14-5-7-18-46(40)57-47/h1-29H,30H2,(H2,52,53,54). The highest BCUT2D eigenvalue weighted by molar-refractivity contribution is 7.25. The Balaban J connectivity index is 1.02. The molecule has 0 bridgehead atoms. The molecule has 3 aromatic heterocycles. The molecule has 0 spiro atoms. The first kappa shape index (κ1) is 33.1. The van der Waals surface area contributed by atoms with Gasteiger partial charge in [-0.3, -0.25) is 4.99 Å². The summed E-state index contributed by atoms with van der Waals surface area (Å²) in [6.45, 7) is 0.371. The second kappa shape index (κ2) is 13.5. The Morgan fingerprint density at radius 3 is 2.04 bits per heavy atom. The van der Waals surface area contributed by atoms with E-state index < -0.39 is 0 Å². The average molecular weight is 752 g/mol. The fraction of sp³-hybridized carbons (Fsp3) is 0.0196. The lowest BCUT2D eigenvalue weighted by molar-refractivity contribution is 0.668. The molecule has 0 unspecified atom stereocenters. The van der Waals surface area contributed by atoms with Gasteiger partial charge in [0.1, 0.15) is 28.2 Å². The van der Waals surface area contributed by atoms with E-state index in [-0.39, 0.29) is 0 Å². The van der Waals surface area contributed by atoms with Gasteiger partial charge in [0.2, 0.25) is 0 Å². The minimum Gasteiger partial charge on any atom is -0.456 e. The van der Waals surface area contributed by atoms with E-state index >= 15 is 0 Å². The van der Waals surface area contributed by atoms with Crippen LogP contribution in [0.15, 0.2) is 195 Å². The molecule has 11 rings (SSSR count). The van der Waals surface area contributed by atoms with Gasteiger partial charge in [-0.25, -0.2) is 4.99 Å². The SMILES string of the molecule is NC(=NC(=NCc1cccc2oc3ccc(-c4cccc5sc6ccccc6c45)cc3c12)c1ccc(-c2ccccc2)cc1)c1ccc2c(c1)oc1ccccc12. The average Bonchev–Trinajstić information content (AvgIpc) is 3.96. The van der Waals surface area contributed by atoms with Crippen LogP contribution in [-0.2, 0) is 6.54 Å². The van der Waals surface area contributed by atoms with Gasteiger partial charge in [-0.2, -0.15) is 0 Å². The number of rotatable bonds is 6. The van der Waals surface area contributed by atoms with Crippen LogP contribution < -0.4 is 5.73 Å². The Labute approximate surface area is 331 Å². The van der Waals surface area contributed by atoms with Crippen LogP contribution in [0, 0.1) is 0 Å². The number of hydrogen-bond donors (Lipinski definition) is 1. The van der Waals surface area contributed by atoms with E-state index in [0.29, 0.717) is 18.2 Å². The lowest BCUT2D eigenvalue weighted by atomic mass is 9.97. The number of nitrogens with two attached hydrogens (primary N) is 1. The number of thiophene rings is 1. The van der Waals surface area contributed by atoms with Crippen LogP contribution in [0.4, 0.5) is 0 Å². The minimum absolute atomic E-state index is 0.356. The van der Waals surface area contributed by atoms with Crippen LogP contribution in [0.3, 0.4) is 0 Å². The molecule has 6 heteroatoms. The summed E-state index contributed by atoms with van der Waals surface area (Å²) in [6.07, 6.45) is 0. The number of para-hydroxylation sites is 1. The summed E-state index contributed by atoms with van der Waals surface area (Å²) in [5, 5.41) is 6.78. The maximum absolute atomic E-state index is 6.81. The fourth-order valence-corrected chi connectivity index (χ4v) is 9.20. The van der Waals surface area contributed by atoms with Gasteiger partial charge in [-0.15, -0.1) is 11.3 Å². The van der Waals surface area contributed by atoms with Crippen LogP contribution in [0.1, 0.15) is 16.7 Å². The second-order valence-corrected chi connectivity index (χ2v) is 15.4. The van der Waals surface area contributed by atoms with Crippen LogP contribution in [0.2, 0.25) is 0 Å². The third kappa shape index (κ3) is 5.77. The predicted molar refractivity (Wildman–Crippen MR) is 239 cm³/mol. The summed E-state index contributed by atoms with van der Waals surface area (Å²) >= 11 is 1.83. The zero-order chi connectivity index (χ0) is 37.9. The molecular formula is C51H33N3O2S. The highest BCUT2D eigenvalue weighted by Gasteiger charge is 2.16. The maximum atomic E-state index is 6.81. The third-order valence-electron chi connectivity index (χ3n) is 10.8. The first-order valence-electron chi connectivity index (χ1n) is 19.0. The summed E-state index contributed by atoms with van der Waals surface area (Å²) in [6, 6.07) is 60.7. The van der Waals surface area contributed by atoms with Gasteiger partial charge < -0.3 is 14.6 Å². The van der Waals surface area contributed by atoms with Crippen molar-refractivity contribution >= 4 is 87.1 Å². The van der Waals surface area contributed by atoms with Crippen molar-refractivity contribution in [1.82, 2.24) is 0 Å². The first-order chi connectivity index (χ1) is 28.1. The molecule has 0 aliphatic rings. The van der Waals surface area contributed by atoms with Gasteiger partial charge >= 0.3 is 0 Å². The van der Waals surface area contributed by atoms with Crippen LogP contribution in [-0.4, -0.2) is 11.7 Å². The largest absolute Gasteiger partial charge is 0.456 e. The lowest BCUT2D eigenvalue weighted by Gasteiger charge is -2.08. The molecule has 0 saturated heterocycles. The third-order valence-corrected chi connectivity index (χ3v) is 12.0. The number of furan rings is 2. The van der Waals surface area contributed by atoms with Crippen molar-refractivity contribution in [2.75, 3.05) is 0 Å². The smallest absolute Gasteiger partial charge is 0.157 e. The van der Waals surface area contributed by atoms with E-state index in [2.05, 4.69) is 109 Å². The summed E-state index contributed by atoms with van der Waals surface area (Å²) in [5.41, 5.74) is 17.4. The maximum Gasteiger partial charge on any atom is 0.157 e. The number of benzene rings is 8. The van der Waals surface area contributed by atoms with E-state index in [1.807, 2.05) is 78.1 Å². The van der Waals surface area contributed by atoms with E-state index in [4.69, 9.17) is 24.6 Å². The normalized spacial score (nSPS) is 12.6. The second-order valence-electron chi connectivity index (χ2n) is 14.3. The van der Waals surface area contributed by atoms with E-state index in [0.717, 1.165) is 77.3 Å². The summed E-state index contributed by atoms with van der Waals surface area (Å²) < 4.78 is 15.2. The topological polar surface area (TPSA) is 77.0 Å². The van der Waals surface area contributed by atoms with Crippen LogP contribution >= 0.6 is 11.3 Å². The van der Waals surface area contributed by atoms with Crippen molar-refractivity contribution < 1.29 is 8.83 Å². The summed E-state index contributed by atoms with van der Waals surface area (Å²) in [5.74, 6) is 0.897. The van der Waals surface area contributed by atoms with Gasteiger partial charge in [0.05, 0.1) is 6.54 Å². The number of nitrogens with zero attached hydrogens (tertiary/aromatic N) is 2. The molecule has 57 heavy (non-hydrogen) atoms. The number of amidine groups is 2. The molecular weight excluding hydrogens is 719 g/mol. The van der Waals surface area contributed by atoms with Gasteiger partial charge in [-0.05, 0) is 76.3 Å². The zero-order valence-corrected chi connectivity index (χ0v) is 31.5. The van der Waals surface area contributed by atoms with Gasteiger partial charge in [0.15, 0.2) is 5.84 Å². The molecule has 270 valence electrons. The fourth-order valence-electron chi connectivity index (χ4n) is 8.07. The van der Waals surface area contributed by atoms with E-state index in [9.17, 15) is 0 Å². The molecule has 5 nitrogen and oxygen atoms in total. The Morgan fingerprint density at radius 2 is 1.14 bits per heavy atom. The molecule has 8 aromatic carbocycles. The van der Waals surface area contributed by atoms with Crippen molar-refractivity contribution in [3.63, 3.8) is 0 Å². The molecule has 0 fully saturated rings. The number of hydrogen-bond acceptors (Lipinski definition) is 4. The molecule has 11 aromatic rings. The molecule has 0 saturated carbocycles. The lowest BCUT2D eigenvalue weighted by Crippen LogP contribution is -2.16. The van der Waals surface area contributed by atoms with Crippen molar-refractivity contribution in [2.24, 2.45) is 15.7 Å². The minimum atomic E-state index is 0.356. The van der Waals surface area contributed by atoms with E-state index in [1.54, 1.807) is 0 Å². The summed E-state index contributed by atoms with van der Waals surface area (Å²) in [4.78, 5) is 10.2. The highest BCUT2D eigenvalue weighted by Crippen LogP contribution is 2.42. The van der Waals surface area contributed by atoms with Gasteiger partial charge in [0, 0.05) is 52.8 Å². The number of fused-ring (bicyclic) bond motifs is 9. The highest BCUT2D eigenvalue weighted by atomic mass is 32.1. The van der Waals surface area contributed by atoms with Gasteiger partial charge in [-0.1, -0.05) is 127 Å². The number of aliphatic imine (C=N–C) groups is 2. The Kier molecular flexibility index (Phi) is 7.83. The molecule has 0 amide bonds. The van der Waals surface area contributed by atoms with Crippen molar-refractivity contribution in [3.8, 4) is 22.3 Å². The molecule has 0 aliphatic heterocycles. The zero-order valence-electron chi connectivity index (χ0n) is 30.6. The first-order valence-corrected chi connectivity index (χ1v) is 19.8. The van der Waals surface area contributed by atoms with Crippen LogP contribution in [0.5, 0.6) is 0 Å². The van der Waals surface area contributed by atoms with Crippen molar-refractivity contribution in [2.45, 2.75) is 6.54 Å². The van der Waals surface area contributed by atoms with E-state index in [1.165, 1.54) is 25.7 Å². The Morgan fingerprint density at radius 1 is 0.474 bits per heavy atom. The molecule has 2 N–H and O–H groups in total. The predicted octanol–water partition coefficient (Wildman–Crippen LogP) is 13.5. The summed E-state index contributed by atoms with van der Waals surface area (Å²) in [7, 11) is 0. The Hall–Kier alpha value is -7.28. The quantitative estimate of drug-likeness (QED) is 0.136. The molecule has 3 heterocycles.